The first-order valence-electron chi connectivity index (χ1n) is 7.18. The summed E-state index contributed by atoms with van der Waals surface area (Å²) in [5.41, 5.74) is 3.23. The molecule has 1 nitrogen and oxygen atoms in total. The SMILES string of the molecule is O=C1/C(=C/C2CCCCC2)CCc2ccccc21. The Morgan fingerprint density at radius 1 is 1.00 bits per heavy atom. The fourth-order valence-corrected chi connectivity index (χ4v) is 3.26. The van der Waals surface area contributed by atoms with E-state index in [-0.39, 0.29) is 5.78 Å². The van der Waals surface area contributed by atoms with Crippen molar-refractivity contribution in [2.75, 3.05) is 0 Å². The minimum atomic E-state index is 0.280. The summed E-state index contributed by atoms with van der Waals surface area (Å²) in [6, 6.07) is 8.07. The lowest BCUT2D eigenvalue weighted by molar-refractivity contribution is 0.102. The predicted octanol–water partition coefficient (Wildman–Crippen LogP) is 4.32. The number of ketones is 1. The lowest BCUT2D eigenvalue weighted by atomic mass is 9.82. The zero-order valence-corrected chi connectivity index (χ0v) is 10.8. The fraction of sp³-hybridized carbons (Fsp3) is 0.471. The Kier molecular flexibility index (Phi) is 3.31. The minimum absolute atomic E-state index is 0.280. The maximum absolute atomic E-state index is 12.4. The first kappa shape index (κ1) is 11.7. The van der Waals surface area contributed by atoms with Crippen LogP contribution in [0.5, 0.6) is 0 Å². The number of fused-ring (bicyclic) bond motifs is 1. The van der Waals surface area contributed by atoms with Crippen molar-refractivity contribution in [2.45, 2.75) is 44.9 Å². The van der Waals surface area contributed by atoms with Crippen molar-refractivity contribution in [1.82, 2.24) is 0 Å². The molecule has 2 aliphatic rings. The molecule has 0 heterocycles. The van der Waals surface area contributed by atoms with Crippen molar-refractivity contribution in [3.05, 3.63) is 47.0 Å². The first-order chi connectivity index (χ1) is 8.84. The Morgan fingerprint density at radius 2 is 1.78 bits per heavy atom. The van der Waals surface area contributed by atoms with Crippen LogP contribution in [-0.2, 0) is 6.42 Å². The predicted molar refractivity (Wildman–Crippen MR) is 73.8 cm³/mol. The van der Waals surface area contributed by atoms with Crippen LogP contribution in [0.25, 0.3) is 0 Å². The highest BCUT2D eigenvalue weighted by Crippen LogP contribution is 2.30. The third-order valence-electron chi connectivity index (χ3n) is 4.30. The van der Waals surface area contributed by atoms with Gasteiger partial charge in [-0.25, -0.2) is 0 Å². The number of allylic oxidation sites excluding steroid dienone is 2. The number of benzene rings is 1. The zero-order chi connectivity index (χ0) is 12.4. The van der Waals surface area contributed by atoms with Gasteiger partial charge in [-0.3, -0.25) is 4.79 Å². The molecule has 3 rings (SSSR count). The second-order valence-electron chi connectivity index (χ2n) is 5.58. The third kappa shape index (κ3) is 2.27. The number of Topliss-reactive ketones (excluding diaryl/α,β-unsaturated/α-hetero) is 1. The molecule has 94 valence electrons. The maximum Gasteiger partial charge on any atom is 0.188 e. The van der Waals surface area contributed by atoms with E-state index in [0.717, 1.165) is 24.0 Å². The molecule has 0 radical (unpaired) electrons. The van der Waals surface area contributed by atoms with Crippen molar-refractivity contribution in [3.8, 4) is 0 Å². The number of carbonyl (C=O) groups excluding carboxylic acids is 1. The number of hydrogen-bond donors (Lipinski definition) is 0. The smallest absolute Gasteiger partial charge is 0.188 e. The summed E-state index contributed by atoms with van der Waals surface area (Å²) in [6.07, 6.45) is 10.8. The Labute approximate surface area is 109 Å². The van der Waals surface area contributed by atoms with Gasteiger partial charge in [-0.15, -0.1) is 0 Å². The van der Waals surface area contributed by atoms with Crippen LogP contribution < -0.4 is 0 Å². The van der Waals surface area contributed by atoms with Gasteiger partial charge in [-0.05, 0) is 42.7 Å². The van der Waals surface area contributed by atoms with E-state index in [1.54, 1.807) is 0 Å². The van der Waals surface area contributed by atoms with Gasteiger partial charge in [0.05, 0.1) is 0 Å². The number of aryl methyl sites for hydroxylation is 1. The molecule has 1 saturated carbocycles. The molecule has 1 aromatic carbocycles. The molecular formula is C17H20O. The van der Waals surface area contributed by atoms with Crippen molar-refractivity contribution < 1.29 is 4.79 Å². The topological polar surface area (TPSA) is 17.1 Å². The van der Waals surface area contributed by atoms with Gasteiger partial charge in [0.2, 0.25) is 0 Å². The van der Waals surface area contributed by atoms with Gasteiger partial charge in [0.25, 0.3) is 0 Å². The van der Waals surface area contributed by atoms with Gasteiger partial charge in [0.1, 0.15) is 0 Å². The lowest BCUT2D eigenvalue weighted by Gasteiger charge is -2.22. The number of hydrogen-bond acceptors (Lipinski definition) is 1. The third-order valence-corrected chi connectivity index (χ3v) is 4.30. The molecule has 0 N–H and O–H groups in total. The van der Waals surface area contributed by atoms with E-state index < -0.39 is 0 Å². The van der Waals surface area contributed by atoms with E-state index in [0.29, 0.717) is 5.92 Å². The van der Waals surface area contributed by atoms with Crippen LogP contribution in [-0.4, -0.2) is 5.78 Å². The van der Waals surface area contributed by atoms with E-state index in [4.69, 9.17) is 0 Å². The average Bonchev–Trinajstić information content (AvgIpc) is 2.43. The van der Waals surface area contributed by atoms with Gasteiger partial charge < -0.3 is 0 Å². The summed E-state index contributed by atoms with van der Waals surface area (Å²) >= 11 is 0. The second kappa shape index (κ2) is 5.09. The summed E-state index contributed by atoms with van der Waals surface area (Å²) in [5, 5.41) is 0. The Balaban J connectivity index is 1.83. The summed E-state index contributed by atoms with van der Waals surface area (Å²) in [7, 11) is 0. The van der Waals surface area contributed by atoms with E-state index in [2.05, 4.69) is 12.1 Å². The highest BCUT2D eigenvalue weighted by atomic mass is 16.1. The molecule has 0 aromatic heterocycles. The van der Waals surface area contributed by atoms with Crippen molar-refractivity contribution in [1.29, 1.82) is 0 Å². The molecule has 0 bridgehead atoms. The van der Waals surface area contributed by atoms with Gasteiger partial charge in [-0.1, -0.05) is 49.6 Å². The van der Waals surface area contributed by atoms with Crippen LogP contribution in [0.1, 0.15) is 54.4 Å². The van der Waals surface area contributed by atoms with Crippen LogP contribution in [0.4, 0.5) is 0 Å². The molecule has 0 amide bonds. The maximum atomic E-state index is 12.4. The summed E-state index contributed by atoms with van der Waals surface area (Å²) in [6.45, 7) is 0. The van der Waals surface area contributed by atoms with Crippen LogP contribution in [0.2, 0.25) is 0 Å². The first-order valence-corrected chi connectivity index (χ1v) is 7.18. The van der Waals surface area contributed by atoms with E-state index in [1.807, 2.05) is 18.2 Å². The summed E-state index contributed by atoms with van der Waals surface area (Å²) in [5.74, 6) is 0.936. The Hall–Kier alpha value is -1.37. The van der Waals surface area contributed by atoms with Gasteiger partial charge in [-0.2, -0.15) is 0 Å². The van der Waals surface area contributed by atoms with Gasteiger partial charge in [0.15, 0.2) is 5.78 Å². The molecule has 0 spiro atoms. The minimum Gasteiger partial charge on any atom is -0.289 e. The molecule has 0 saturated heterocycles. The largest absolute Gasteiger partial charge is 0.289 e. The molecule has 2 aliphatic carbocycles. The monoisotopic (exact) mass is 240 g/mol. The zero-order valence-electron chi connectivity index (χ0n) is 10.8. The Bertz CT molecular complexity index is 478. The molecule has 18 heavy (non-hydrogen) atoms. The lowest BCUT2D eigenvalue weighted by Crippen LogP contribution is -2.15. The van der Waals surface area contributed by atoms with E-state index in [9.17, 15) is 4.79 Å². The molecule has 0 atom stereocenters. The summed E-state index contributed by atoms with van der Waals surface area (Å²) < 4.78 is 0. The standard InChI is InChI=1S/C17H20O/c18-17-15(12-13-6-2-1-3-7-13)11-10-14-8-4-5-9-16(14)17/h4-5,8-9,12-13H,1-3,6-7,10-11H2/b15-12+. The van der Waals surface area contributed by atoms with Crippen LogP contribution >= 0.6 is 0 Å². The van der Waals surface area contributed by atoms with Crippen molar-refractivity contribution in [2.24, 2.45) is 5.92 Å². The quantitative estimate of drug-likeness (QED) is 0.668. The molecule has 1 aromatic rings. The van der Waals surface area contributed by atoms with E-state index >= 15 is 0 Å². The molecule has 0 aliphatic heterocycles. The fourth-order valence-electron chi connectivity index (χ4n) is 3.26. The second-order valence-corrected chi connectivity index (χ2v) is 5.58. The average molecular weight is 240 g/mol. The molecule has 1 fully saturated rings. The molecule has 0 unspecified atom stereocenters. The number of rotatable bonds is 1. The van der Waals surface area contributed by atoms with E-state index in [1.165, 1.54) is 37.7 Å². The Morgan fingerprint density at radius 3 is 2.61 bits per heavy atom. The van der Waals surface area contributed by atoms with Gasteiger partial charge in [0, 0.05) is 5.56 Å². The molecule has 1 heteroatoms. The van der Waals surface area contributed by atoms with Crippen LogP contribution in [0.15, 0.2) is 35.9 Å². The molecular weight excluding hydrogens is 220 g/mol. The van der Waals surface area contributed by atoms with Crippen molar-refractivity contribution >= 4 is 5.78 Å². The highest BCUT2D eigenvalue weighted by molar-refractivity contribution is 6.10. The number of carbonyl (C=O) groups is 1. The van der Waals surface area contributed by atoms with Crippen LogP contribution in [0.3, 0.4) is 0 Å². The van der Waals surface area contributed by atoms with Crippen LogP contribution in [0, 0.1) is 5.92 Å². The normalized spacial score (nSPS) is 23.1. The van der Waals surface area contributed by atoms with Crippen molar-refractivity contribution in [3.63, 3.8) is 0 Å². The summed E-state index contributed by atoms with van der Waals surface area (Å²) in [4.78, 5) is 12.4. The van der Waals surface area contributed by atoms with Gasteiger partial charge >= 0.3 is 0 Å². The highest BCUT2D eigenvalue weighted by Gasteiger charge is 2.22.